The van der Waals surface area contributed by atoms with E-state index in [1.807, 2.05) is 6.92 Å². The number of nitrogens with one attached hydrogen (secondary N) is 1. The first-order chi connectivity index (χ1) is 7.25. The molecule has 1 heterocycles. The molecule has 75 valence electrons. The van der Waals surface area contributed by atoms with Crippen LogP contribution in [0.4, 0.5) is 5.69 Å². The SMILES string of the molecule is Cc1ncncc1Oc1ccc([NH])cc1. The first kappa shape index (κ1) is 9.45. The van der Waals surface area contributed by atoms with Gasteiger partial charge in [0.25, 0.3) is 0 Å². The summed E-state index contributed by atoms with van der Waals surface area (Å²) >= 11 is 0. The first-order valence-electron chi connectivity index (χ1n) is 4.52. The Morgan fingerprint density at radius 1 is 1.20 bits per heavy atom. The first-order valence-corrected chi connectivity index (χ1v) is 4.52. The molecular formula is C11H10N3O. The zero-order chi connectivity index (χ0) is 10.7. The molecule has 2 aromatic rings. The molecule has 0 fully saturated rings. The average Bonchev–Trinajstić information content (AvgIpc) is 2.25. The van der Waals surface area contributed by atoms with Gasteiger partial charge in [0.15, 0.2) is 5.75 Å². The standard InChI is InChI=1S/C11H10N3O/c1-8-11(6-13-7-14-8)15-10-4-2-9(12)3-5-10/h2-7,12H,1H3. The van der Waals surface area contributed by atoms with E-state index in [1.165, 1.54) is 6.33 Å². The van der Waals surface area contributed by atoms with Crippen LogP contribution < -0.4 is 10.5 Å². The van der Waals surface area contributed by atoms with Crippen molar-refractivity contribution in [2.75, 3.05) is 0 Å². The summed E-state index contributed by atoms with van der Waals surface area (Å²) in [5.74, 6) is 1.32. The third kappa shape index (κ3) is 2.22. The Morgan fingerprint density at radius 3 is 2.60 bits per heavy atom. The Bertz CT molecular complexity index is 454. The molecule has 1 N–H and O–H groups in total. The molecular weight excluding hydrogens is 190 g/mol. The van der Waals surface area contributed by atoms with Gasteiger partial charge in [-0.25, -0.2) is 9.97 Å². The summed E-state index contributed by atoms with van der Waals surface area (Å²) in [5, 5.41) is 0. The van der Waals surface area contributed by atoms with Crippen LogP contribution in [0, 0.1) is 6.92 Å². The summed E-state index contributed by atoms with van der Waals surface area (Å²) in [5.41, 5.74) is 8.59. The van der Waals surface area contributed by atoms with Crippen molar-refractivity contribution in [1.82, 2.24) is 15.7 Å². The fourth-order valence-corrected chi connectivity index (χ4v) is 1.13. The number of aromatic nitrogens is 2. The molecule has 1 radical (unpaired) electrons. The fourth-order valence-electron chi connectivity index (χ4n) is 1.13. The quantitative estimate of drug-likeness (QED) is 0.748. The van der Waals surface area contributed by atoms with Gasteiger partial charge >= 0.3 is 0 Å². The zero-order valence-electron chi connectivity index (χ0n) is 8.27. The maximum atomic E-state index is 7.33. The number of ether oxygens (including phenoxy) is 1. The lowest BCUT2D eigenvalue weighted by Gasteiger charge is -2.06. The Morgan fingerprint density at radius 2 is 1.93 bits per heavy atom. The molecule has 15 heavy (non-hydrogen) atoms. The Labute approximate surface area is 87.7 Å². The maximum Gasteiger partial charge on any atom is 0.166 e. The van der Waals surface area contributed by atoms with E-state index in [-0.39, 0.29) is 0 Å². The Balaban J connectivity index is 2.22. The Kier molecular flexibility index (Phi) is 2.49. The van der Waals surface area contributed by atoms with Crippen molar-refractivity contribution in [2.24, 2.45) is 0 Å². The minimum Gasteiger partial charge on any atom is -0.454 e. The highest BCUT2D eigenvalue weighted by molar-refractivity contribution is 5.40. The summed E-state index contributed by atoms with van der Waals surface area (Å²) in [6, 6.07) is 6.84. The molecule has 0 atom stereocenters. The second-order valence-corrected chi connectivity index (χ2v) is 3.10. The van der Waals surface area contributed by atoms with Crippen molar-refractivity contribution in [2.45, 2.75) is 6.92 Å². The highest BCUT2D eigenvalue weighted by Crippen LogP contribution is 2.23. The molecule has 0 saturated heterocycles. The zero-order valence-corrected chi connectivity index (χ0v) is 8.27. The number of benzene rings is 1. The molecule has 4 heteroatoms. The third-order valence-electron chi connectivity index (χ3n) is 1.95. The van der Waals surface area contributed by atoms with Gasteiger partial charge < -0.3 is 10.5 Å². The summed E-state index contributed by atoms with van der Waals surface area (Å²) in [6.45, 7) is 1.86. The van der Waals surface area contributed by atoms with E-state index < -0.39 is 0 Å². The number of hydrogen-bond acceptors (Lipinski definition) is 3. The molecule has 0 amide bonds. The van der Waals surface area contributed by atoms with Gasteiger partial charge in [0.05, 0.1) is 17.6 Å². The van der Waals surface area contributed by atoms with Crippen molar-refractivity contribution in [3.05, 3.63) is 42.5 Å². The largest absolute Gasteiger partial charge is 0.454 e. The highest BCUT2D eigenvalue weighted by atomic mass is 16.5. The summed E-state index contributed by atoms with van der Waals surface area (Å²) < 4.78 is 5.56. The maximum absolute atomic E-state index is 7.33. The lowest BCUT2D eigenvalue weighted by Crippen LogP contribution is -1.91. The molecule has 0 unspecified atom stereocenters. The second kappa shape index (κ2) is 3.96. The summed E-state index contributed by atoms with van der Waals surface area (Å²) in [6.07, 6.45) is 3.10. The fraction of sp³-hybridized carbons (Fsp3) is 0.0909. The molecule has 0 aliphatic carbocycles. The average molecular weight is 200 g/mol. The van der Waals surface area contributed by atoms with E-state index in [0.29, 0.717) is 17.2 Å². The minimum absolute atomic E-state index is 0.461. The minimum atomic E-state index is 0.461. The monoisotopic (exact) mass is 200 g/mol. The van der Waals surface area contributed by atoms with E-state index >= 15 is 0 Å². The molecule has 1 aromatic carbocycles. The molecule has 0 saturated carbocycles. The van der Waals surface area contributed by atoms with Crippen LogP contribution in [0.25, 0.3) is 0 Å². The van der Waals surface area contributed by atoms with E-state index in [4.69, 9.17) is 10.5 Å². The van der Waals surface area contributed by atoms with E-state index in [9.17, 15) is 0 Å². The van der Waals surface area contributed by atoms with Crippen molar-refractivity contribution in [3.8, 4) is 11.5 Å². The molecule has 4 nitrogen and oxygen atoms in total. The lowest BCUT2D eigenvalue weighted by atomic mass is 10.3. The van der Waals surface area contributed by atoms with Crippen molar-refractivity contribution < 1.29 is 4.74 Å². The molecule has 1 aromatic heterocycles. The van der Waals surface area contributed by atoms with Gasteiger partial charge in [0.2, 0.25) is 0 Å². The van der Waals surface area contributed by atoms with Crippen LogP contribution in [0.15, 0.2) is 36.8 Å². The van der Waals surface area contributed by atoms with E-state index in [2.05, 4.69) is 9.97 Å². The smallest absolute Gasteiger partial charge is 0.166 e. The van der Waals surface area contributed by atoms with Gasteiger partial charge in [-0.05, 0) is 31.2 Å². The van der Waals surface area contributed by atoms with Gasteiger partial charge in [-0.15, -0.1) is 0 Å². The number of hydrogen-bond donors (Lipinski definition) is 0. The van der Waals surface area contributed by atoms with Crippen LogP contribution in [-0.2, 0) is 0 Å². The van der Waals surface area contributed by atoms with E-state index in [0.717, 1.165) is 5.69 Å². The third-order valence-corrected chi connectivity index (χ3v) is 1.95. The predicted molar refractivity (Wildman–Crippen MR) is 56.0 cm³/mol. The van der Waals surface area contributed by atoms with Crippen LogP contribution in [0.3, 0.4) is 0 Å². The molecule has 0 bridgehead atoms. The molecule has 0 aliphatic rings. The van der Waals surface area contributed by atoms with Crippen LogP contribution in [0.1, 0.15) is 5.69 Å². The lowest BCUT2D eigenvalue weighted by molar-refractivity contribution is 0.473. The van der Waals surface area contributed by atoms with E-state index in [1.54, 1.807) is 30.5 Å². The topological polar surface area (TPSA) is 58.8 Å². The second-order valence-electron chi connectivity index (χ2n) is 3.10. The molecule has 0 aliphatic heterocycles. The van der Waals surface area contributed by atoms with Gasteiger partial charge in [0, 0.05) is 0 Å². The predicted octanol–water partition coefficient (Wildman–Crippen LogP) is 2.49. The van der Waals surface area contributed by atoms with Gasteiger partial charge in [-0.2, -0.15) is 0 Å². The van der Waals surface area contributed by atoms with Gasteiger partial charge in [-0.3, -0.25) is 0 Å². The Hall–Kier alpha value is -2.10. The van der Waals surface area contributed by atoms with Crippen LogP contribution in [0.5, 0.6) is 11.5 Å². The number of nitrogens with zero attached hydrogens (tertiary/aromatic N) is 2. The van der Waals surface area contributed by atoms with Crippen LogP contribution >= 0.6 is 0 Å². The summed E-state index contributed by atoms with van der Waals surface area (Å²) in [4.78, 5) is 7.91. The van der Waals surface area contributed by atoms with Crippen molar-refractivity contribution >= 4 is 5.69 Å². The van der Waals surface area contributed by atoms with Gasteiger partial charge in [0.1, 0.15) is 12.1 Å². The van der Waals surface area contributed by atoms with Crippen LogP contribution in [-0.4, -0.2) is 9.97 Å². The summed E-state index contributed by atoms with van der Waals surface area (Å²) in [7, 11) is 0. The molecule has 2 rings (SSSR count). The van der Waals surface area contributed by atoms with Crippen molar-refractivity contribution in [3.63, 3.8) is 0 Å². The van der Waals surface area contributed by atoms with Crippen LogP contribution in [0.2, 0.25) is 0 Å². The molecule has 0 spiro atoms. The number of aryl methyl sites for hydroxylation is 1. The van der Waals surface area contributed by atoms with Crippen molar-refractivity contribution in [1.29, 1.82) is 0 Å². The normalized spacial score (nSPS) is 9.93. The number of rotatable bonds is 2. The van der Waals surface area contributed by atoms with Gasteiger partial charge in [-0.1, -0.05) is 0 Å². The highest BCUT2D eigenvalue weighted by Gasteiger charge is 2.01.